The Hall–Kier alpha value is -0.810. The summed E-state index contributed by atoms with van der Waals surface area (Å²) in [6.45, 7) is 0.818. The average Bonchev–Trinajstić information content (AvgIpc) is 3.14. The van der Waals surface area contributed by atoms with E-state index in [0.29, 0.717) is 30.5 Å². The Balaban J connectivity index is 1.97. The molecule has 0 bridgehead atoms. The largest absolute Gasteiger partial charge is 0.487 e. The molecular weight excluding hydrogens is 256 g/mol. The zero-order chi connectivity index (χ0) is 13.0. The molecule has 1 fully saturated rings. The van der Waals surface area contributed by atoms with Gasteiger partial charge in [-0.3, -0.25) is 0 Å². The molecule has 0 spiro atoms. The van der Waals surface area contributed by atoms with Crippen molar-refractivity contribution in [2.24, 2.45) is 0 Å². The first-order valence-electron chi connectivity index (χ1n) is 6.03. The monoisotopic (exact) mass is 273 g/mol. The molecule has 1 aliphatic rings. The molecule has 0 saturated heterocycles. The lowest BCUT2D eigenvalue weighted by Gasteiger charge is -2.10. The molecule has 1 aliphatic carbocycles. The van der Waals surface area contributed by atoms with Crippen molar-refractivity contribution < 1.29 is 13.5 Å². The molecule has 0 amide bonds. The molecule has 1 aromatic rings. The van der Waals surface area contributed by atoms with Crippen molar-refractivity contribution in [2.45, 2.75) is 25.4 Å². The summed E-state index contributed by atoms with van der Waals surface area (Å²) < 4.78 is 32.5. The molecule has 2 nitrogen and oxygen atoms in total. The van der Waals surface area contributed by atoms with Gasteiger partial charge in [-0.05, 0) is 36.8 Å². The summed E-state index contributed by atoms with van der Waals surface area (Å²) in [7, 11) is 0. The number of hydrogen-bond acceptors (Lipinski definition) is 3. The second-order valence-corrected chi connectivity index (χ2v) is 5.37. The Morgan fingerprint density at radius 1 is 1.33 bits per heavy atom. The maximum atomic E-state index is 13.7. The number of rotatable bonds is 7. The predicted molar refractivity (Wildman–Crippen MR) is 70.1 cm³/mol. The number of thioether (sulfide) groups is 1. The lowest BCUT2D eigenvalue weighted by Crippen LogP contribution is -2.15. The zero-order valence-corrected chi connectivity index (χ0v) is 11.2. The molecule has 0 aliphatic heterocycles. The normalized spacial score (nSPS) is 14.8. The van der Waals surface area contributed by atoms with E-state index in [-0.39, 0.29) is 5.75 Å². The summed E-state index contributed by atoms with van der Waals surface area (Å²) in [5.41, 5.74) is 0.620. The minimum atomic E-state index is -0.622. The quantitative estimate of drug-likeness (QED) is 0.772. The van der Waals surface area contributed by atoms with E-state index in [1.807, 2.05) is 6.26 Å². The lowest BCUT2D eigenvalue weighted by molar-refractivity contribution is 0.305. The number of hydrogen-bond donors (Lipinski definition) is 1. The van der Waals surface area contributed by atoms with Gasteiger partial charge in [0.2, 0.25) is 0 Å². The van der Waals surface area contributed by atoms with E-state index >= 15 is 0 Å². The smallest absolute Gasteiger partial charge is 0.190 e. The van der Waals surface area contributed by atoms with Crippen LogP contribution in [-0.4, -0.2) is 24.7 Å². The van der Waals surface area contributed by atoms with Gasteiger partial charge in [-0.2, -0.15) is 11.8 Å². The van der Waals surface area contributed by atoms with Gasteiger partial charge >= 0.3 is 0 Å². The summed E-state index contributed by atoms with van der Waals surface area (Å²) in [5, 5.41) is 3.22. The Labute approximate surface area is 110 Å². The Kier molecular flexibility index (Phi) is 4.83. The van der Waals surface area contributed by atoms with E-state index in [1.54, 1.807) is 11.8 Å². The van der Waals surface area contributed by atoms with Crippen LogP contribution >= 0.6 is 11.8 Å². The van der Waals surface area contributed by atoms with Gasteiger partial charge in [0.05, 0.1) is 6.61 Å². The minimum absolute atomic E-state index is 0.265. The van der Waals surface area contributed by atoms with Gasteiger partial charge in [0.1, 0.15) is 0 Å². The molecule has 0 radical (unpaired) electrons. The summed E-state index contributed by atoms with van der Waals surface area (Å²) in [6.07, 6.45) is 4.23. The SMILES string of the molecule is CSCCOc1c(F)cc(CNC2CC2)cc1F. The number of halogens is 2. The Bertz CT molecular complexity index is 387. The third kappa shape index (κ3) is 3.85. The standard InChI is InChI=1S/C13H17F2NOS/c1-18-5-4-17-13-11(14)6-9(7-12(13)15)8-16-10-2-3-10/h6-7,10,16H,2-5,8H2,1H3. The van der Waals surface area contributed by atoms with Crippen LogP contribution in [0.2, 0.25) is 0 Å². The van der Waals surface area contributed by atoms with Gasteiger partial charge in [0, 0.05) is 18.3 Å². The van der Waals surface area contributed by atoms with Crippen LogP contribution in [0, 0.1) is 11.6 Å². The molecule has 1 aromatic carbocycles. The molecule has 18 heavy (non-hydrogen) atoms. The van der Waals surface area contributed by atoms with Crippen LogP contribution in [-0.2, 0) is 6.54 Å². The van der Waals surface area contributed by atoms with E-state index in [4.69, 9.17) is 4.74 Å². The van der Waals surface area contributed by atoms with Crippen molar-refractivity contribution in [3.8, 4) is 5.75 Å². The second-order valence-electron chi connectivity index (χ2n) is 4.39. The van der Waals surface area contributed by atoms with Crippen molar-refractivity contribution >= 4 is 11.8 Å². The molecule has 100 valence electrons. The molecular formula is C13H17F2NOS. The second kappa shape index (κ2) is 6.38. The van der Waals surface area contributed by atoms with Crippen molar-refractivity contribution in [3.05, 3.63) is 29.3 Å². The zero-order valence-electron chi connectivity index (χ0n) is 10.3. The van der Waals surface area contributed by atoms with Crippen LogP contribution in [0.4, 0.5) is 8.78 Å². The summed E-state index contributed by atoms with van der Waals surface area (Å²) in [4.78, 5) is 0. The van der Waals surface area contributed by atoms with E-state index in [0.717, 1.165) is 12.8 Å². The molecule has 1 saturated carbocycles. The van der Waals surface area contributed by atoms with Crippen LogP contribution in [0.25, 0.3) is 0 Å². The third-order valence-electron chi connectivity index (χ3n) is 2.76. The first kappa shape index (κ1) is 13.6. The van der Waals surface area contributed by atoms with Crippen molar-refractivity contribution in [3.63, 3.8) is 0 Å². The molecule has 2 rings (SSSR count). The van der Waals surface area contributed by atoms with E-state index in [9.17, 15) is 8.78 Å². The maximum Gasteiger partial charge on any atom is 0.190 e. The van der Waals surface area contributed by atoms with Gasteiger partial charge in [0.15, 0.2) is 17.4 Å². The average molecular weight is 273 g/mol. The van der Waals surface area contributed by atoms with Gasteiger partial charge in [0.25, 0.3) is 0 Å². The van der Waals surface area contributed by atoms with Crippen LogP contribution in [0.5, 0.6) is 5.75 Å². The Morgan fingerprint density at radius 3 is 2.56 bits per heavy atom. The number of benzene rings is 1. The highest BCUT2D eigenvalue weighted by atomic mass is 32.2. The molecule has 0 unspecified atom stereocenters. The van der Waals surface area contributed by atoms with Crippen LogP contribution in [0.15, 0.2) is 12.1 Å². The highest BCUT2D eigenvalue weighted by Crippen LogP contribution is 2.24. The fraction of sp³-hybridized carbons (Fsp3) is 0.538. The minimum Gasteiger partial charge on any atom is -0.487 e. The van der Waals surface area contributed by atoms with Gasteiger partial charge in [-0.25, -0.2) is 8.78 Å². The van der Waals surface area contributed by atoms with Gasteiger partial charge in [-0.1, -0.05) is 0 Å². The lowest BCUT2D eigenvalue weighted by atomic mass is 10.2. The molecule has 0 aromatic heterocycles. The number of nitrogens with one attached hydrogen (secondary N) is 1. The molecule has 0 atom stereocenters. The predicted octanol–water partition coefficient (Wildman–Crippen LogP) is 2.96. The topological polar surface area (TPSA) is 21.3 Å². The van der Waals surface area contributed by atoms with Crippen molar-refractivity contribution in [1.82, 2.24) is 5.32 Å². The fourth-order valence-corrected chi connectivity index (χ4v) is 1.88. The summed E-state index contributed by atoms with van der Waals surface area (Å²) in [6, 6.07) is 3.20. The van der Waals surface area contributed by atoms with Gasteiger partial charge < -0.3 is 10.1 Å². The van der Waals surface area contributed by atoms with Crippen LogP contribution < -0.4 is 10.1 Å². The van der Waals surface area contributed by atoms with Crippen molar-refractivity contribution in [1.29, 1.82) is 0 Å². The highest BCUT2D eigenvalue weighted by molar-refractivity contribution is 7.98. The third-order valence-corrected chi connectivity index (χ3v) is 3.34. The summed E-state index contributed by atoms with van der Waals surface area (Å²) in [5.74, 6) is -0.796. The summed E-state index contributed by atoms with van der Waals surface area (Å²) >= 11 is 1.57. The molecule has 1 N–H and O–H groups in total. The van der Waals surface area contributed by atoms with Crippen LogP contribution in [0.3, 0.4) is 0 Å². The fourth-order valence-electron chi connectivity index (χ4n) is 1.63. The molecule has 5 heteroatoms. The van der Waals surface area contributed by atoms with Crippen LogP contribution in [0.1, 0.15) is 18.4 Å². The first-order chi connectivity index (χ1) is 8.70. The molecule has 0 heterocycles. The van der Waals surface area contributed by atoms with E-state index < -0.39 is 11.6 Å². The highest BCUT2D eigenvalue weighted by Gasteiger charge is 2.20. The van der Waals surface area contributed by atoms with E-state index in [1.165, 1.54) is 12.1 Å². The van der Waals surface area contributed by atoms with E-state index in [2.05, 4.69) is 5.32 Å². The van der Waals surface area contributed by atoms with Crippen molar-refractivity contribution in [2.75, 3.05) is 18.6 Å². The number of ether oxygens (including phenoxy) is 1. The van der Waals surface area contributed by atoms with Gasteiger partial charge in [-0.15, -0.1) is 0 Å². The maximum absolute atomic E-state index is 13.7. The Morgan fingerprint density at radius 2 is 2.00 bits per heavy atom. The first-order valence-corrected chi connectivity index (χ1v) is 7.43.